The fraction of sp³-hybridized carbons (Fsp3) is 0.462. The van der Waals surface area contributed by atoms with Crippen LogP contribution in [0.15, 0.2) is 12.1 Å². The molecule has 1 aromatic carbocycles. The summed E-state index contributed by atoms with van der Waals surface area (Å²) in [4.78, 5) is 11.9. The molecular formula is C13H16Cl2N2O2S. The molecule has 2 rings (SSSR count). The molecule has 3 N–H and O–H groups in total. The van der Waals surface area contributed by atoms with Gasteiger partial charge in [-0.1, -0.05) is 23.2 Å². The molecule has 1 aromatic rings. The Morgan fingerprint density at radius 2 is 2.30 bits per heavy atom. The number of rotatable bonds is 5. The maximum atomic E-state index is 11.9. The second-order valence-electron chi connectivity index (χ2n) is 4.55. The SMILES string of the molecule is Nc1cc(Cl)cc(Cl)c1NC(=O)CSCC1CCCO1. The van der Waals surface area contributed by atoms with Crippen LogP contribution in [0.25, 0.3) is 0 Å². The van der Waals surface area contributed by atoms with Crippen LogP contribution in [-0.2, 0) is 9.53 Å². The van der Waals surface area contributed by atoms with E-state index < -0.39 is 0 Å². The number of benzene rings is 1. The van der Waals surface area contributed by atoms with Gasteiger partial charge in [-0.25, -0.2) is 0 Å². The van der Waals surface area contributed by atoms with Crippen LogP contribution in [-0.4, -0.2) is 30.1 Å². The number of nitrogens with two attached hydrogens (primary N) is 1. The number of hydrogen-bond donors (Lipinski definition) is 2. The summed E-state index contributed by atoms with van der Waals surface area (Å²) in [5, 5.41) is 3.50. The minimum atomic E-state index is -0.135. The summed E-state index contributed by atoms with van der Waals surface area (Å²) in [6, 6.07) is 3.11. The Labute approximate surface area is 132 Å². The standard InChI is InChI=1S/C13H16Cl2N2O2S/c14-8-4-10(15)13(11(16)5-8)17-12(18)7-20-6-9-2-1-3-19-9/h4-5,9H,1-3,6-7,16H2,(H,17,18). The number of hydrogen-bond acceptors (Lipinski definition) is 4. The molecule has 1 aliphatic rings. The van der Waals surface area contributed by atoms with Crippen LogP contribution < -0.4 is 11.1 Å². The Hall–Kier alpha value is -0.620. The van der Waals surface area contributed by atoms with Crippen LogP contribution in [0.3, 0.4) is 0 Å². The molecule has 0 aromatic heterocycles. The van der Waals surface area contributed by atoms with Crippen molar-refractivity contribution in [1.29, 1.82) is 0 Å². The van der Waals surface area contributed by atoms with E-state index in [2.05, 4.69) is 5.32 Å². The highest BCUT2D eigenvalue weighted by Gasteiger charge is 2.16. The van der Waals surface area contributed by atoms with Crippen molar-refractivity contribution in [3.63, 3.8) is 0 Å². The quantitative estimate of drug-likeness (QED) is 0.809. The van der Waals surface area contributed by atoms with E-state index >= 15 is 0 Å². The summed E-state index contributed by atoms with van der Waals surface area (Å²) < 4.78 is 5.50. The molecule has 1 amide bonds. The Bertz CT molecular complexity index is 470. The van der Waals surface area contributed by atoms with Crippen LogP contribution in [0, 0.1) is 0 Å². The van der Waals surface area contributed by atoms with Crippen molar-refractivity contribution in [3.05, 3.63) is 22.2 Å². The van der Waals surface area contributed by atoms with Crippen LogP contribution in [0.5, 0.6) is 0 Å². The lowest BCUT2D eigenvalue weighted by atomic mass is 10.2. The van der Waals surface area contributed by atoms with Crippen LogP contribution in [0.4, 0.5) is 11.4 Å². The molecule has 1 heterocycles. The molecule has 1 saturated heterocycles. The van der Waals surface area contributed by atoms with Gasteiger partial charge in [-0.3, -0.25) is 4.79 Å². The van der Waals surface area contributed by atoms with Gasteiger partial charge in [0.15, 0.2) is 0 Å². The van der Waals surface area contributed by atoms with Crippen molar-refractivity contribution < 1.29 is 9.53 Å². The van der Waals surface area contributed by atoms with Crippen LogP contribution in [0.2, 0.25) is 10.0 Å². The van der Waals surface area contributed by atoms with E-state index in [1.807, 2.05) is 0 Å². The molecule has 4 nitrogen and oxygen atoms in total. The number of nitrogens with one attached hydrogen (secondary N) is 1. The number of carbonyl (C=O) groups excluding carboxylic acids is 1. The lowest BCUT2D eigenvalue weighted by Gasteiger charge is -2.11. The second kappa shape index (κ2) is 7.41. The summed E-state index contributed by atoms with van der Waals surface area (Å²) in [5.74, 6) is 1.04. The zero-order chi connectivity index (χ0) is 14.5. The van der Waals surface area contributed by atoms with Crippen molar-refractivity contribution >= 4 is 52.2 Å². The maximum absolute atomic E-state index is 11.9. The molecule has 7 heteroatoms. The summed E-state index contributed by atoms with van der Waals surface area (Å²) in [6.07, 6.45) is 2.45. The zero-order valence-corrected chi connectivity index (χ0v) is 13.2. The molecule has 110 valence electrons. The highest BCUT2D eigenvalue weighted by molar-refractivity contribution is 8.00. The first-order valence-electron chi connectivity index (χ1n) is 6.30. The largest absolute Gasteiger partial charge is 0.397 e. The van der Waals surface area contributed by atoms with Crippen molar-refractivity contribution in [2.75, 3.05) is 29.2 Å². The number of thioether (sulfide) groups is 1. The number of carbonyl (C=O) groups is 1. The molecular weight excluding hydrogens is 319 g/mol. The van der Waals surface area contributed by atoms with E-state index in [1.54, 1.807) is 23.9 Å². The van der Waals surface area contributed by atoms with Crippen molar-refractivity contribution in [3.8, 4) is 0 Å². The van der Waals surface area contributed by atoms with Gasteiger partial charge in [0, 0.05) is 17.4 Å². The smallest absolute Gasteiger partial charge is 0.234 e. The third-order valence-corrected chi connectivity index (χ3v) is 4.50. The van der Waals surface area contributed by atoms with Crippen molar-refractivity contribution in [1.82, 2.24) is 0 Å². The maximum Gasteiger partial charge on any atom is 0.234 e. The first-order chi connectivity index (χ1) is 9.56. The minimum Gasteiger partial charge on any atom is -0.397 e. The third kappa shape index (κ3) is 4.45. The fourth-order valence-electron chi connectivity index (χ4n) is 1.96. The normalized spacial score (nSPS) is 18.2. The van der Waals surface area contributed by atoms with E-state index in [9.17, 15) is 4.79 Å². The molecule has 0 aliphatic carbocycles. The molecule has 20 heavy (non-hydrogen) atoms. The van der Waals surface area contributed by atoms with Gasteiger partial charge < -0.3 is 15.8 Å². The Morgan fingerprint density at radius 3 is 2.95 bits per heavy atom. The van der Waals surface area contributed by atoms with Gasteiger partial charge in [0.1, 0.15) is 0 Å². The molecule has 1 aliphatic heterocycles. The molecule has 0 bridgehead atoms. The topological polar surface area (TPSA) is 64.3 Å². The molecule has 1 atom stereocenters. The molecule has 0 spiro atoms. The summed E-state index contributed by atoms with van der Waals surface area (Å²) in [5.41, 5.74) is 6.56. The Balaban J connectivity index is 1.82. The lowest BCUT2D eigenvalue weighted by Crippen LogP contribution is -2.17. The van der Waals surface area contributed by atoms with E-state index in [0.29, 0.717) is 27.2 Å². The van der Waals surface area contributed by atoms with Gasteiger partial charge in [-0.05, 0) is 25.0 Å². The van der Waals surface area contributed by atoms with Gasteiger partial charge in [0.05, 0.1) is 28.3 Å². The average molecular weight is 335 g/mol. The molecule has 0 radical (unpaired) electrons. The van der Waals surface area contributed by atoms with Gasteiger partial charge in [-0.15, -0.1) is 11.8 Å². The third-order valence-electron chi connectivity index (χ3n) is 2.91. The molecule has 0 saturated carbocycles. The number of halogens is 2. The number of ether oxygens (including phenoxy) is 1. The van der Waals surface area contributed by atoms with E-state index in [1.165, 1.54) is 0 Å². The predicted molar refractivity (Wildman–Crippen MR) is 85.8 cm³/mol. The first-order valence-corrected chi connectivity index (χ1v) is 8.21. The number of anilines is 2. The average Bonchev–Trinajstić information content (AvgIpc) is 2.87. The second-order valence-corrected chi connectivity index (χ2v) is 6.42. The van der Waals surface area contributed by atoms with Crippen molar-refractivity contribution in [2.45, 2.75) is 18.9 Å². The Morgan fingerprint density at radius 1 is 1.50 bits per heavy atom. The number of amides is 1. The monoisotopic (exact) mass is 334 g/mol. The summed E-state index contributed by atoms with van der Waals surface area (Å²) >= 11 is 13.4. The van der Waals surface area contributed by atoms with E-state index in [0.717, 1.165) is 25.2 Å². The Kier molecular flexibility index (Phi) is 5.84. The minimum absolute atomic E-state index is 0.135. The lowest BCUT2D eigenvalue weighted by molar-refractivity contribution is -0.113. The van der Waals surface area contributed by atoms with Crippen LogP contribution in [0.1, 0.15) is 12.8 Å². The fourth-order valence-corrected chi connectivity index (χ4v) is 3.42. The number of nitrogen functional groups attached to an aromatic ring is 1. The van der Waals surface area contributed by atoms with E-state index in [4.69, 9.17) is 33.7 Å². The van der Waals surface area contributed by atoms with Crippen molar-refractivity contribution in [2.24, 2.45) is 0 Å². The van der Waals surface area contributed by atoms with Gasteiger partial charge in [-0.2, -0.15) is 0 Å². The first kappa shape index (κ1) is 15.8. The van der Waals surface area contributed by atoms with Crippen LogP contribution >= 0.6 is 35.0 Å². The molecule has 1 unspecified atom stereocenters. The zero-order valence-electron chi connectivity index (χ0n) is 10.8. The highest BCUT2D eigenvalue weighted by Crippen LogP contribution is 2.32. The highest BCUT2D eigenvalue weighted by atomic mass is 35.5. The predicted octanol–water partition coefficient (Wildman–Crippen LogP) is 3.43. The van der Waals surface area contributed by atoms with Gasteiger partial charge in [0.25, 0.3) is 0 Å². The summed E-state index contributed by atoms with van der Waals surface area (Å²) in [6.45, 7) is 0.828. The van der Waals surface area contributed by atoms with Gasteiger partial charge in [0.2, 0.25) is 5.91 Å². The van der Waals surface area contributed by atoms with Gasteiger partial charge >= 0.3 is 0 Å². The molecule has 1 fully saturated rings. The van der Waals surface area contributed by atoms with E-state index in [-0.39, 0.29) is 12.0 Å². The summed E-state index contributed by atoms with van der Waals surface area (Å²) in [7, 11) is 0.